The van der Waals surface area contributed by atoms with E-state index in [0.29, 0.717) is 6.54 Å². The third kappa shape index (κ3) is 3.98. The summed E-state index contributed by atoms with van der Waals surface area (Å²) < 4.78 is 2.43. The van der Waals surface area contributed by atoms with Gasteiger partial charge in [-0.3, -0.25) is 9.78 Å². The van der Waals surface area contributed by atoms with E-state index in [0.717, 1.165) is 31.4 Å². The predicted molar refractivity (Wildman–Crippen MR) is 124 cm³/mol. The van der Waals surface area contributed by atoms with Crippen molar-refractivity contribution in [2.45, 2.75) is 39.3 Å². The fourth-order valence-corrected chi connectivity index (χ4v) is 4.83. The number of carbonyl (C=O) groups is 1. The summed E-state index contributed by atoms with van der Waals surface area (Å²) in [6.07, 6.45) is 6.32. The average Bonchev–Trinajstić information content (AvgIpc) is 3.11. The van der Waals surface area contributed by atoms with Crippen LogP contribution in [0.4, 0.5) is 0 Å². The lowest BCUT2D eigenvalue weighted by Crippen LogP contribution is -2.34. The summed E-state index contributed by atoms with van der Waals surface area (Å²) in [5.74, 6) is 0.190. The average molecular weight is 410 g/mol. The number of fused-ring (bicyclic) bond motifs is 3. The van der Waals surface area contributed by atoms with Gasteiger partial charge in [0.1, 0.15) is 0 Å². The summed E-state index contributed by atoms with van der Waals surface area (Å²) in [6.45, 7) is 3.51. The van der Waals surface area contributed by atoms with Crippen LogP contribution in [0.1, 0.15) is 34.4 Å². The van der Waals surface area contributed by atoms with Gasteiger partial charge in [0.05, 0.1) is 0 Å². The maximum Gasteiger partial charge on any atom is 0.223 e. The highest BCUT2D eigenvalue weighted by Gasteiger charge is 2.29. The molecule has 0 fully saturated rings. The number of aryl methyl sites for hydroxylation is 1. The largest absolute Gasteiger partial charge is 0.352 e. The summed E-state index contributed by atoms with van der Waals surface area (Å²) >= 11 is 0. The van der Waals surface area contributed by atoms with Crippen molar-refractivity contribution in [3.05, 3.63) is 101 Å². The van der Waals surface area contributed by atoms with E-state index in [1.807, 2.05) is 18.5 Å². The second kappa shape index (κ2) is 8.38. The SMILES string of the molecule is Cc1cccc(CNC(=O)C2CCc3c(c4ccccc4n3Cc3ccncc3)C2)c1. The zero-order valence-electron chi connectivity index (χ0n) is 17.8. The quantitative estimate of drug-likeness (QED) is 0.514. The van der Waals surface area contributed by atoms with Crippen molar-refractivity contribution in [2.24, 2.45) is 5.92 Å². The molecule has 5 rings (SSSR count). The number of para-hydroxylation sites is 1. The van der Waals surface area contributed by atoms with Crippen LogP contribution >= 0.6 is 0 Å². The van der Waals surface area contributed by atoms with Crippen LogP contribution < -0.4 is 5.32 Å². The lowest BCUT2D eigenvalue weighted by molar-refractivity contribution is -0.125. The number of aromatic nitrogens is 2. The molecular formula is C27H27N3O. The van der Waals surface area contributed by atoms with Crippen LogP contribution in [0.25, 0.3) is 10.9 Å². The summed E-state index contributed by atoms with van der Waals surface area (Å²) in [5, 5.41) is 4.45. The molecule has 2 heterocycles. The van der Waals surface area contributed by atoms with Gasteiger partial charge in [-0.25, -0.2) is 0 Å². The standard InChI is InChI=1S/C27H27N3O/c1-19-5-4-6-21(15-19)17-29-27(31)22-9-10-26-24(16-22)23-7-2-3-8-25(23)30(26)18-20-11-13-28-14-12-20/h2-8,11-15,22H,9-10,16-18H2,1H3,(H,29,31). The number of hydrogen-bond donors (Lipinski definition) is 1. The molecule has 0 saturated carbocycles. The predicted octanol–water partition coefficient (Wildman–Crippen LogP) is 4.81. The number of nitrogens with one attached hydrogen (secondary N) is 1. The molecule has 31 heavy (non-hydrogen) atoms. The van der Waals surface area contributed by atoms with Gasteiger partial charge in [-0.1, -0.05) is 48.0 Å². The molecule has 0 bridgehead atoms. The molecule has 4 nitrogen and oxygen atoms in total. The van der Waals surface area contributed by atoms with Gasteiger partial charge < -0.3 is 9.88 Å². The highest BCUT2D eigenvalue weighted by atomic mass is 16.1. The van der Waals surface area contributed by atoms with E-state index in [1.54, 1.807) is 0 Å². The molecule has 0 saturated heterocycles. The highest BCUT2D eigenvalue weighted by molar-refractivity contribution is 5.88. The number of carbonyl (C=O) groups excluding carboxylic acids is 1. The number of hydrogen-bond acceptors (Lipinski definition) is 2. The molecule has 4 aromatic rings. The topological polar surface area (TPSA) is 46.9 Å². The van der Waals surface area contributed by atoms with E-state index in [9.17, 15) is 4.79 Å². The molecule has 0 radical (unpaired) electrons. The van der Waals surface area contributed by atoms with E-state index < -0.39 is 0 Å². The van der Waals surface area contributed by atoms with Crippen LogP contribution in [0.3, 0.4) is 0 Å². The second-order valence-electron chi connectivity index (χ2n) is 8.53. The van der Waals surface area contributed by atoms with Gasteiger partial charge in [0, 0.05) is 48.0 Å². The first kappa shape index (κ1) is 19.6. The van der Waals surface area contributed by atoms with Gasteiger partial charge in [-0.15, -0.1) is 0 Å². The summed E-state index contributed by atoms with van der Waals surface area (Å²) in [7, 11) is 0. The van der Waals surface area contributed by atoms with E-state index >= 15 is 0 Å². The Bertz CT molecular complexity index is 1230. The minimum Gasteiger partial charge on any atom is -0.352 e. The van der Waals surface area contributed by atoms with Crippen LogP contribution in [-0.2, 0) is 30.7 Å². The molecular weight excluding hydrogens is 382 g/mol. The van der Waals surface area contributed by atoms with Crippen molar-refractivity contribution in [3.63, 3.8) is 0 Å². The summed E-state index contributed by atoms with van der Waals surface area (Å²) in [6, 6.07) is 21.1. The molecule has 4 heteroatoms. The van der Waals surface area contributed by atoms with Crippen molar-refractivity contribution in [1.82, 2.24) is 14.9 Å². The van der Waals surface area contributed by atoms with E-state index in [4.69, 9.17) is 0 Å². The Hall–Kier alpha value is -3.40. The molecule has 1 amide bonds. The van der Waals surface area contributed by atoms with Crippen molar-refractivity contribution in [3.8, 4) is 0 Å². The van der Waals surface area contributed by atoms with E-state index in [-0.39, 0.29) is 11.8 Å². The number of rotatable bonds is 5. The fraction of sp³-hybridized carbons (Fsp3) is 0.259. The lowest BCUT2D eigenvalue weighted by atomic mass is 9.85. The lowest BCUT2D eigenvalue weighted by Gasteiger charge is -2.23. The van der Waals surface area contributed by atoms with Crippen molar-refractivity contribution >= 4 is 16.8 Å². The molecule has 1 atom stereocenters. The Labute approximate surface area is 182 Å². The van der Waals surface area contributed by atoms with Crippen molar-refractivity contribution in [2.75, 3.05) is 0 Å². The third-order valence-corrected chi connectivity index (χ3v) is 6.38. The van der Waals surface area contributed by atoms with Crippen LogP contribution in [0.2, 0.25) is 0 Å². The number of amides is 1. The Morgan fingerprint density at radius 2 is 1.90 bits per heavy atom. The first-order valence-corrected chi connectivity index (χ1v) is 11.0. The summed E-state index contributed by atoms with van der Waals surface area (Å²) in [4.78, 5) is 17.1. The van der Waals surface area contributed by atoms with Gasteiger partial charge >= 0.3 is 0 Å². The first-order valence-electron chi connectivity index (χ1n) is 11.0. The zero-order valence-corrected chi connectivity index (χ0v) is 17.8. The van der Waals surface area contributed by atoms with Crippen molar-refractivity contribution < 1.29 is 4.79 Å². The highest BCUT2D eigenvalue weighted by Crippen LogP contribution is 2.35. The van der Waals surface area contributed by atoms with Crippen LogP contribution in [0, 0.1) is 12.8 Å². The Kier molecular flexibility index (Phi) is 5.29. The Morgan fingerprint density at radius 1 is 1.06 bits per heavy atom. The van der Waals surface area contributed by atoms with Gasteiger partial charge in [0.25, 0.3) is 0 Å². The van der Waals surface area contributed by atoms with Gasteiger partial charge in [-0.05, 0) is 61.1 Å². The second-order valence-corrected chi connectivity index (χ2v) is 8.53. The molecule has 2 aromatic carbocycles. The van der Waals surface area contributed by atoms with Crippen LogP contribution in [0.15, 0.2) is 73.1 Å². The molecule has 1 aliphatic rings. The minimum absolute atomic E-state index is 0.0255. The van der Waals surface area contributed by atoms with Crippen LogP contribution in [-0.4, -0.2) is 15.5 Å². The number of benzene rings is 2. The van der Waals surface area contributed by atoms with Crippen molar-refractivity contribution in [1.29, 1.82) is 0 Å². The zero-order chi connectivity index (χ0) is 21.2. The smallest absolute Gasteiger partial charge is 0.223 e. The van der Waals surface area contributed by atoms with E-state index in [1.165, 1.54) is 33.3 Å². The molecule has 156 valence electrons. The van der Waals surface area contributed by atoms with Crippen LogP contribution in [0.5, 0.6) is 0 Å². The molecule has 0 spiro atoms. The molecule has 2 aromatic heterocycles. The van der Waals surface area contributed by atoms with Gasteiger partial charge in [0.2, 0.25) is 5.91 Å². The molecule has 1 unspecified atom stereocenters. The Balaban J connectivity index is 1.38. The number of pyridine rings is 1. The maximum atomic E-state index is 13.0. The summed E-state index contributed by atoms with van der Waals surface area (Å²) in [5.41, 5.74) is 7.59. The van der Waals surface area contributed by atoms with Gasteiger partial charge in [0.15, 0.2) is 0 Å². The molecule has 1 aliphatic carbocycles. The first-order chi connectivity index (χ1) is 15.2. The Morgan fingerprint density at radius 3 is 2.74 bits per heavy atom. The minimum atomic E-state index is 0.0255. The number of nitrogens with zero attached hydrogens (tertiary/aromatic N) is 2. The monoisotopic (exact) mass is 409 g/mol. The molecule has 0 aliphatic heterocycles. The fourth-order valence-electron chi connectivity index (χ4n) is 4.83. The normalized spacial score (nSPS) is 15.6. The molecule has 1 N–H and O–H groups in total. The van der Waals surface area contributed by atoms with E-state index in [2.05, 4.69) is 76.4 Å². The van der Waals surface area contributed by atoms with Gasteiger partial charge in [-0.2, -0.15) is 0 Å². The third-order valence-electron chi connectivity index (χ3n) is 6.38. The maximum absolute atomic E-state index is 13.0.